The summed E-state index contributed by atoms with van der Waals surface area (Å²) in [5, 5.41) is 0. The third kappa shape index (κ3) is 5.64. The highest BCUT2D eigenvalue weighted by Gasteiger charge is 2.23. The van der Waals surface area contributed by atoms with Crippen molar-refractivity contribution in [3.63, 3.8) is 0 Å². The lowest BCUT2D eigenvalue weighted by Gasteiger charge is -2.31. The fraction of sp³-hybridized carbons (Fsp3) is 1.00. The van der Waals surface area contributed by atoms with Crippen molar-refractivity contribution >= 4 is 0 Å². The first-order chi connectivity index (χ1) is 6.58. The Hall–Kier alpha value is -0.0400. The Morgan fingerprint density at radius 1 is 1.14 bits per heavy atom. The molecule has 0 spiro atoms. The molecule has 2 unspecified atom stereocenters. The maximum atomic E-state index is 6.41. The van der Waals surface area contributed by atoms with E-state index in [4.69, 9.17) is 5.73 Å². The van der Waals surface area contributed by atoms with Crippen molar-refractivity contribution in [2.45, 2.75) is 78.2 Å². The van der Waals surface area contributed by atoms with E-state index in [1.54, 1.807) is 0 Å². The van der Waals surface area contributed by atoms with Crippen LogP contribution in [0, 0.1) is 5.92 Å². The Labute approximate surface area is 90.5 Å². The van der Waals surface area contributed by atoms with Crippen molar-refractivity contribution in [3.05, 3.63) is 0 Å². The summed E-state index contributed by atoms with van der Waals surface area (Å²) in [6.07, 6.45) is 8.69. The van der Waals surface area contributed by atoms with Gasteiger partial charge in [0, 0.05) is 5.54 Å². The zero-order valence-corrected chi connectivity index (χ0v) is 10.6. The Kier molecular flexibility index (Phi) is 7.26. The number of hydrogen-bond acceptors (Lipinski definition) is 1. The molecule has 0 aliphatic rings. The molecule has 2 atom stereocenters. The van der Waals surface area contributed by atoms with Gasteiger partial charge in [-0.15, -0.1) is 0 Å². The fourth-order valence-electron chi connectivity index (χ4n) is 2.24. The molecule has 1 heteroatoms. The molecule has 0 saturated carbocycles. The molecule has 14 heavy (non-hydrogen) atoms. The number of rotatable bonds is 8. The summed E-state index contributed by atoms with van der Waals surface area (Å²) in [6, 6.07) is 0. The minimum Gasteiger partial charge on any atom is -0.325 e. The minimum atomic E-state index is 0.116. The quantitative estimate of drug-likeness (QED) is 0.625. The lowest BCUT2D eigenvalue weighted by atomic mass is 9.81. The van der Waals surface area contributed by atoms with Crippen LogP contribution in [0.1, 0.15) is 72.6 Å². The first-order valence-corrected chi connectivity index (χ1v) is 6.36. The number of nitrogens with two attached hydrogens (primary N) is 1. The van der Waals surface area contributed by atoms with E-state index in [1.807, 2.05) is 0 Å². The van der Waals surface area contributed by atoms with Crippen LogP contribution in [0.2, 0.25) is 0 Å². The van der Waals surface area contributed by atoms with E-state index in [9.17, 15) is 0 Å². The van der Waals surface area contributed by atoms with Crippen LogP contribution in [-0.4, -0.2) is 5.54 Å². The van der Waals surface area contributed by atoms with Crippen molar-refractivity contribution in [3.8, 4) is 0 Å². The summed E-state index contributed by atoms with van der Waals surface area (Å²) in [4.78, 5) is 0. The van der Waals surface area contributed by atoms with Crippen LogP contribution < -0.4 is 5.73 Å². The number of unbranched alkanes of at least 4 members (excludes halogenated alkanes) is 1. The van der Waals surface area contributed by atoms with Gasteiger partial charge in [0.1, 0.15) is 0 Å². The molecule has 0 amide bonds. The fourth-order valence-corrected chi connectivity index (χ4v) is 2.24. The highest BCUT2D eigenvalue weighted by atomic mass is 14.7. The smallest absolute Gasteiger partial charge is 0.0154 e. The Morgan fingerprint density at radius 3 is 2.21 bits per heavy atom. The average Bonchev–Trinajstić information content (AvgIpc) is 2.15. The molecule has 0 saturated heterocycles. The zero-order chi connectivity index (χ0) is 11.0. The molecular weight excluding hydrogens is 170 g/mol. The monoisotopic (exact) mass is 199 g/mol. The second-order valence-corrected chi connectivity index (χ2v) is 4.92. The van der Waals surface area contributed by atoms with Crippen molar-refractivity contribution in [1.82, 2.24) is 0 Å². The van der Waals surface area contributed by atoms with Gasteiger partial charge in [0.05, 0.1) is 0 Å². The average molecular weight is 199 g/mol. The van der Waals surface area contributed by atoms with Crippen molar-refractivity contribution in [2.24, 2.45) is 11.7 Å². The van der Waals surface area contributed by atoms with Gasteiger partial charge in [0.15, 0.2) is 0 Å². The summed E-state index contributed by atoms with van der Waals surface area (Å²) < 4.78 is 0. The van der Waals surface area contributed by atoms with Crippen LogP contribution in [0.15, 0.2) is 0 Å². The van der Waals surface area contributed by atoms with Gasteiger partial charge in [-0.1, -0.05) is 53.4 Å². The van der Waals surface area contributed by atoms with Gasteiger partial charge in [-0.05, 0) is 25.2 Å². The Balaban J connectivity index is 3.96. The normalized spacial score (nSPS) is 17.8. The first kappa shape index (κ1) is 14.0. The zero-order valence-electron chi connectivity index (χ0n) is 10.6. The molecule has 0 aromatic rings. The molecule has 0 aromatic carbocycles. The molecule has 1 nitrogen and oxygen atoms in total. The van der Waals surface area contributed by atoms with Gasteiger partial charge in [0.2, 0.25) is 0 Å². The van der Waals surface area contributed by atoms with Gasteiger partial charge >= 0.3 is 0 Å². The second-order valence-electron chi connectivity index (χ2n) is 4.92. The largest absolute Gasteiger partial charge is 0.325 e. The van der Waals surface area contributed by atoms with Crippen LogP contribution >= 0.6 is 0 Å². The van der Waals surface area contributed by atoms with Crippen LogP contribution in [0.25, 0.3) is 0 Å². The van der Waals surface area contributed by atoms with Gasteiger partial charge in [0.25, 0.3) is 0 Å². The third-order valence-electron chi connectivity index (χ3n) is 3.27. The topological polar surface area (TPSA) is 26.0 Å². The van der Waals surface area contributed by atoms with Crippen LogP contribution in [-0.2, 0) is 0 Å². The molecule has 0 rings (SSSR count). The molecule has 0 radical (unpaired) electrons. The lowest BCUT2D eigenvalue weighted by Crippen LogP contribution is -2.40. The predicted octanol–water partition coefficient (Wildman–Crippen LogP) is 4.11. The predicted molar refractivity (Wildman–Crippen MR) is 65.4 cm³/mol. The Morgan fingerprint density at radius 2 is 1.79 bits per heavy atom. The maximum absolute atomic E-state index is 6.41. The summed E-state index contributed by atoms with van der Waals surface area (Å²) >= 11 is 0. The van der Waals surface area contributed by atoms with Gasteiger partial charge in [-0.3, -0.25) is 0 Å². The maximum Gasteiger partial charge on any atom is 0.0154 e. The van der Waals surface area contributed by atoms with Crippen LogP contribution in [0.3, 0.4) is 0 Å². The summed E-state index contributed by atoms with van der Waals surface area (Å²) in [6.45, 7) is 9.07. The summed E-state index contributed by atoms with van der Waals surface area (Å²) in [7, 11) is 0. The van der Waals surface area contributed by atoms with Gasteiger partial charge in [-0.2, -0.15) is 0 Å². The SMILES string of the molecule is CCCCC(N)(CC)CC(C)CCC. The number of hydrogen-bond donors (Lipinski definition) is 1. The molecule has 0 aliphatic heterocycles. The van der Waals surface area contributed by atoms with E-state index in [1.165, 1.54) is 38.5 Å². The van der Waals surface area contributed by atoms with Crippen LogP contribution in [0.5, 0.6) is 0 Å². The van der Waals surface area contributed by atoms with E-state index in [-0.39, 0.29) is 5.54 Å². The van der Waals surface area contributed by atoms with Crippen molar-refractivity contribution in [1.29, 1.82) is 0 Å². The Bertz CT molecular complexity index is 133. The van der Waals surface area contributed by atoms with E-state index in [2.05, 4.69) is 27.7 Å². The van der Waals surface area contributed by atoms with E-state index >= 15 is 0 Å². The molecule has 2 N–H and O–H groups in total. The van der Waals surface area contributed by atoms with Crippen molar-refractivity contribution in [2.75, 3.05) is 0 Å². The lowest BCUT2D eigenvalue weighted by molar-refractivity contribution is 0.283. The first-order valence-electron chi connectivity index (χ1n) is 6.36. The molecule has 86 valence electrons. The standard InChI is InChI=1S/C13H29N/c1-5-8-10-13(14,7-3)11-12(4)9-6-2/h12H,5-11,14H2,1-4H3. The molecular formula is C13H29N. The third-order valence-corrected chi connectivity index (χ3v) is 3.27. The molecule has 0 fully saturated rings. The minimum absolute atomic E-state index is 0.116. The van der Waals surface area contributed by atoms with Crippen molar-refractivity contribution < 1.29 is 0 Å². The van der Waals surface area contributed by atoms with Crippen LogP contribution in [0.4, 0.5) is 0 Å². The molecule has 0 aliphatic carbocycles. The molecule has 0 heterocycles. The highest BCUT2D eigenvalue weighted by Crippen LogP contribution is 2.26. The second kappa shape index (κ2) is 7.28. The van der Waals surface area contributed by atoms with E-state index in [0.717, 1.165) is 12.3 Å². The molecule has 0 bridgehead atoms. The van der Waals surface area contributed by atoms with Gasteiger partial charge < -0.3 is 5.73 Å². The van der Waals surface area contributed by atoms with E-state index in [0.29, 0.717) is 0 Å². The van der Waals surface area contributed by atoms with Gasteiger partial charge in [-0.25, -0.2) is 0 Å². The molecule has 0 aromatic heterocycles. The summed E-state index contributed by atoms with van der Waals surface area (Å²) in [5.41, 5.74) is 6.53. The highest BCUT2D eigenvalue weighted by molar-refractivity contribution is 4.84. The summed E-state index contributed by atoms with van der Waals surface area (Å²) in [5.74, 6) is 0.793. The van der Waals surface area contributed by atoms with E-state index < -0.39 is 0 Å².